The zero-order valence-corrected chi connectivity index (χ0v) is 12.5. The molecule has 1 aliphatic carbocycles. The monoisotopic (exact) mass is 268 g/mol. The Kier molecular flexibility index (Phi) is 4.51. The molecular formula is C15H28N2O2. The van der Waals surface area contributed by atoms with E-state index in [1.807, 2.05) is 0 Å². The van der Waals surface area contributed by atoms with Crippen molar-refractivity contribution < 1.29 is 9.90 Å². The summed E-state index contributed by atoms with van der Waals surface area (Å²) in [7, 11) is 0. The van der Waals surface area contributed by atoms with Crippen LogP contribution in [0.5, 0.6) is 0 Å². The fourth-order valence-electron chi connectivity index (χ4n) is 2.96. The van der Waals surface area contributed by atoms with Gasteiger partial charge in [-0.3, -0.25) is 9.69 Å². The second-order valence-corrected chi connectivity index (χ2v) is 7.45. The SMILES string of the molecule is CC(C)(C)CNC1CC(C(=O)O)CN(C2CCC2)C1. The van der Waals surface area contributed by atoms with E-state index in [4.69, 9.17) is 0 Å². The van der Waals surface area contributed by atoms with Crippen molar-refractivity contribution in [2.45, 2.75) is 58.5 Å². The van der Waals surface area contributed by atoms with E-state index < -0.39 is 5.97 Å². The minimum atomic E-state index is -0.633. The van der Waals surface area contributed by atoms with Crippen LogP contribution in [0.2, 0.25) is 0 Å². The molecule has 2 N–H and O–H groups in total. The molecule has 0 radical (unpaired) electrons. The van der Waals surface area contributed by atoms with Gasteiger partial charge in [-0.2, -0.15) is 0 Å². The second kappa shape index (κ2) is 5.80. The largest absolute Gasteiger partial charge is 0.481 e. The van der Waals surface area contributed by atoms with Crippen LogP contribution in [-0.4, -0.2) is 47.7 Å². The van der Waals surface area contributed by atoms with Gasteiger partial charge in [-0.1, -0.05) is 27.2 Å². The van der Waals surface area contributed by atoms with Crippen molar-refractivity contribution in [3.05, 3.63) is 0 Å². The summed E-state index contributed by atoms with van der Waals surface area (Å²) in [5.41, 5.74) is 0.247. The molecule has 0 aromatic rings. The first-order valence-corrected chi connectivity index (χ1v) is 7.55. The van der Waals surface area contributed by atoms with Gasteiger partial charge in [-0.05, 0) is 24.7 Å². The van der Waals surface area contributed by atoms with Crippen molar-refractivity contribution in [1.29, 1.82) is 0 Å². The fourth-order valence-corrected chi connectivity index (χ4v) is 2.96. The van der Waals surface area contributed by atoms with E-state index in [0.717, 1.165) is 26.1 Å². The summed E-state index contributed by atoms with van der Waals surface area (Å²) in [6.45, 7) is 9.34. The van der Waals surface area contributed by atoms with Crippen molar-refractivity contribution >= 4 is 5.97 Å². The van der Waals surface area contributed by atoms with E-state index in [9.17, 15) is 9.90 Å². The normalized spacial score (nSPS) is 30.1. The third kappa shape index (κ3) is 4.18. The van der Waals surface area contributed by atoms with E-state index >= 15 is 0 Å². The van der Waals surface area contributed by atoms with Gasteiger partial charge in [-0.25, -0.2) is 0 Å². The molecule has 1 saturated carbocycles. The van der Waals surface area contributed by atoms with Crippen LogP contribution in [-0.2, 0) is 4.79 Å². The van der Waals surface area contributed by atoms with Crippen molar-refractivity contribution in [3.63, 3.8) is 0 Å². The van der Waals surface area contributed by atoms with Gasteiger partial charge in [0.05, 0.1) is 5.92 Å². The Morgan fingerprint density at radius 2 is 2.00 bits per heavy atom. The molecule has 0 amide bonds. The molecule has 2 fully saturated rings. The zero-order valence-electron chi connectivity index (χ0n) is 12.5. The first-order chi connectivity index (χ1) is 8.85. The predicted molar refractivity (Wildman–Crippen MR) is 76.2 cm³/mol. The summed E-state index contributed by atoms with van der Waals surface area (Å²) in [4.78, 5) is 13.7. The Morgan fingerprint density at radius 3 is 2.47 bits per heavy atom. The first kappa shape index (κ1) is 14.8. The van der Waals surface area contributed by atoms with Crippen LogP contribution in [0, 0.1) is 11.3 Å². The lowest BCUT2D eigenvalue weighted by Crippen LogP contribution is -2.56. The molecule has 2 atom stereocenters. The Bertz CT molecular complexity index is 321. The lowest BCUT2D eigenvalue weighted by Gasteiger charge is -2.45. The smallest absolute Gasteiger partial charge is 0.307 e. The molecule has 4 heteroatoms. The van der Waals surface area contributed by atoms with Crippen molar-refractivity contribution in [1.82, 2.24) is 10.2 Å². The van der Waals surface area contributed by atoms with Crippen LogP contribution >= 0.6 is 0 Å². The number of piperidine rings is 1. The first-order valence-electron chi connectivity index (χ1n) is 7.55. The summed E-state index contributed by atoms with van der Waals surface area (Å²) in [5.74, 6) is -0.835. The minimum Gasteiger partial charge on any atom is -0.481 e. The number of hydrogen-bond acceptors (Lipinski definition) is 3. The molecular weight excluding hydrogens is 240 g/mol. The maximum absolute atomic E-state index is 11.3. The number of likely N-dealkylation sites (tertiary alicyclic amines) is 1. The van der Waals surface area contributed by atoms with Gasteiger partial charge in [0, 0.05) is 31.7 Å². The van der Waals surface area contributed by atoms with Crippen LogP contribution in [0.15, 0.2) is 0 Å². The molecule has 110 valence electrons. The van der Waals surface area contributed by atoms with E-state index in [2.05, 4.69) is 31.0 Å². The summed E-state index contributed by atoms with van der Waals surface area (Å²) < 4.78 is 0. The molecule has 4 nitrogen and oxygen atoms in total. The highest BCUT2D eigenvalue weighted by atomic mass is 16.4. The molecule has 1 saturated heterocycles. The molecule has 0 bridgehead atoms. The van der Waals surface area contributed by atoms with Crippen LogP contribution in [0.1, 0.15) is 46.5 Å². The van der Waals surface area contributed by atoms with Gasteiger partial charge in [-0.15, -0.1) is 0 Å². The molecule has 2 rings (SSSR count). The average Bonchev–Trinajstić information content (AvgIpc) is 2.22. The number of nitrogens with zero attached hydrogens (tertiary/aromatic N) is 1. The molecule has 2 unspecified atom stereocenters. The van der Waals surface area contributed by atoms with Gasteiger partial charge in [0.2, 0.25) is 0 Å². The van der Waals surface area contributed by atoms with Crippen molar-refractivity contribution in [2.75, 3.05) is 19.6 Å². The van der Waals surface area contributed by atoms with Gasteiger partial charge < -0.3 is 10.4 Å². The highest BCUT2D eigenvalue weighted by Gasteiger charge is 2.36. The summed E-state index contributed by atoms with van der Waals surface area (Å²) in [5, 5.41) is 12.9. The zero-order chi connectivity index (χ0) is 14.0. The number of rotatable bonds is 4. The van der Waals surface area contributed by atoms with Gasteiger partial charge in [0.1, 0.15) is 0 Å². The molecule has 0 aromatic heterocycles. The standard InChI is InChI=1S/C15H28N2O2/c1-15(2,3)10-16-12-7-11(14(18)19)8-17(9-12)13-5-4-6-13/h11-13,16H,4-10H2,1-3H3,(H,18,19). The summed E-state index contributed by atoms with van der Waals surface area (Å²) >= 11 is 0. The van der Waals surface area contributed by atoms with E-state index in [1.54, 1.807) is 0 Å². The molecule has 0 spiro atoms. The summed E-state index contributed by atoms with van der Waals surface area (Å²) in [6.07, 6.45) is 4.57. The lowest BCUT2D eigenvalue weighted by molar-refractivity contribution is -0.144. The maximum atomic E-state index is 11.3. The van der Waals surface area contributed by atoms with Crippen molar-refractivity contribution in [2.24, 2.45) is 11.3 Å². The van der Waals surface area contributed by atoms with E-state index in [0.29, 0.717) is 12.1 Å². The number of hydrogen-bond donors (Lipinski definition) is 2. The Balaban J connectivity index is 1.92. The van der Waals surface area contributed by atoms with Gasteiger partial charge in [0.15, 0.2) is 0 Å². The number of nitrogens with one attached hydrogen (secondary N) is 1. The third-order valence-corrected chi connectivity index (χ3v) is 4.34. The second-order valence-electron chi connectivity index (χ2n) is 7.45. The number of aliphatic carboxylic acids is 1. The van der Waals surface area contributed by atoms with E-state index in [1.165, 1.54) is 19.3 Å². The molecule has 19 heavy (non-hydrogen) atoms. The fraction of sp³-hybridized carbons (Fsp3) is 0.933. The highest BCUT2D eigenvalue weighted by Crippen LogP contribution is 2.29. The average molecular weight is 268 g/mol. The topological polar surface area (TPSA) is 52.6 Å². The molecule has 0 aromatic carbocycles. The highest BCUT2D eigenvalue weighted by molar-refractivity contribution is 5.70. The summed E-state index contributed by atoms with van der Waals surface area (Å²) in [6, 6.07) is 0.968. The predicted octanol–water partition coefficient (Wildman–Crippen LogP) is 1.95. The van der Waals surface area contributed by atoms with Crippen LogP contribution in [0.4, 0.5) is 0 Å². The van der Waals surface area contributed by atoms with Crippen LogP contribution in [0.3, 0.4) is 0 Å². The Hall–Kier alpha value is -0.610. The number of carboxylic acids is 1. The number of carbonyl (C=O) groups is 1. The minimum absolute atomic E-state index is 0.202. The molecule has 1 heterocycles. The van der Waals surface area contributed by atoms with Crippen LogP contribution in [0.25, 0.3) is 0 Å². The Labute approximate surface area is 116 Å². The quantitative estimate of drug-likeness (QED) is 0.818. The third-order valence-electron chi connectivity index (χ3n) is 4.34. The maximum Gasteiger partial charge on any atom is 0.307 e. The van der Waals surface area contributed by atoms with Crippen molar-refractivity contribution in [3.8, 4) is 0 Å². The van der Waals surface area contributed by atoms with E-state index in [-0.39, 0.29) is 11.3 Å². The Morgan fingerprint density at radius 1 is 1.32 bits per heavy atom. The van der Waals surface area contributed by atoms with Crippen LogP contribution < -0.4 is 5.32 Å². The number of carboxylic acid groups (broad SMARTS) is 1. The molecule has 2 aliphatic rings. The lowest BCUT2D eigenvalue weighted by atomic mass is 9.86. The van der Waals surface area contributed by atoms with Gasteiger partial charge in [0.25, 0.3) is 0 Å². The molecule has 1 aliphatic heterocycles. The van der Waals surface area contributed by atoms with Gasteiger partial charge >= 0.3 is 5.97 Å².